The molecule has 15 heteroatoms. The highest BCUT2D eigenvalue weighted by Crippen LogP contribution is 2.24. The fraction of sp³-hybridized carbons (Fsp3) is 0. The number of nitro groups is 3. The van der Waals surface area contributed by atoms with Gasteiger partial charge in [-0.05, 0) is 36.4 Å². The molecular weight excluding hydrogens is 468 g/mol. The molecule has 3 aromatic rings. The zero-order valence-corrected chi connectivity index (χ0v) is 17.3. The van der Waals surface area contributed by atoms with Crippen LogP contribution in [-0.4, -0.2) is 26.6 Å². The minimum atomic E-state index is -1.03. The van der Waals surface area contributed by atoms with Crippen LogP contribution in [0.4, 0.5) is 28.4 Å². The zero-order chi connectivity index (χ0) is 25.5. The molecule has 0 atom stereocenters. The molecule has 0 aliphatic rings. The number of benzene rings is 3. The molecule has 0 heterocycles. The lowest BCUT2D eigenvalue weighted by Gasteiger charge is -2.06. The molecule has 1 N–H and O–H groups in total. The SMILES string of the molecule is O=C(N=Nc1ccc(NOC(=O)c2ccc([N+](=O)[O-])cc2)cc1)c1cc([N+](=O)[O-])cc([N+](=O)[O-])c1. The molecule has 0 aliphatic carbocycles. The molecule has 15 nitrogen and oxygen atoms in total. The van der Waals surface area contributed by atoms with Gasteiger partial charge < -0.3 is 4.84 Å². The van der Waals surface area contributed by atoms with Crippen molar-refractivity contribution in [2.75, 3.05) is 5.48 Å². The summed E-state index contributed by atoms with van der Waals surface area (Å²) < 4.78 is 0. The van der Waals surface area contributed by atoms with Crippen LogP contribution in [0.25, 0.3) is 0 Å². The van der Waals surface area contributed by atoms with Gasteiger partial charge >= 0.3 is 5.97 Å². The number of nitro benzene ring substituents is 3. The number of carbonyl (C=O) groups is 2. The number of amides is 1. The van der Waals surface area contributed by atoms with Crippen LogP contribution in [0.2, 0.25) is 0 Å². The number of nitrogens with one attached hydrogen (secondary N) is 1. The van der Waals surface area contributed by atoms with E-state index in [1.165, 1.54) is 36.4 Å². The highest BCUT2D eigenvalue weighted by atomic mass is 16.7. The molecule has 0 spiro atoms. The van der Waals surface area contributed by atoms with Crippen LogP contribution in [0.3, 0.4) is 0 Å². The largest absolute Gasteiger partial charge is 0.362 e. The van der Waals surface area contributed by atoms with E-state index in [1.807, 2.05) is 0 Å². The van der Waals surface area contributed by atoms with E-state index in [-0.39, 0.29) is 22.5 Å². The van der Waals surface area contributed by atoms with Gasteiger partial charge in [0.1, 0.15) is 0 Å². The molecule has 0 fully saturated rings. The van der Waals surface area contributed by atoms with Gasteiger partial charge in [0.25, 0.3) is 23.0 Å². The summed E-state index contributed by atoms with van der Waals surface area (Å²) >= 11 is 0. The Hall–Kier alpha value is -5.60. The maximum absolute atomic E-state index is 12.2. The number of azo groups is 1. The van der Waals surface area contributed by atoms with Crippen LogP contribution in [0.15, 0.2) is 77.0 Å². The molecule has 0 saturated heterocycles. The number of carbonyl (C=O) groups excluding carboxylic acids is 2. The number of nitrogens with zero attached hydrogens (tertiary/aromatic N) is 5. The van der Waals surface area contributed by atoms with Crippen LogP contribution in [0, 0.1) is 30.3 Å². The summed E-state index contributed by atoms with van der Waals surface area (Å²) in [7, 11) is 0. The smallest absolute Gasteiger partial charge is 0.338 e. The predicted molar refractivity (Wildman–Crippen MR) is 117 cm³/mol. The van der Waals surface area contributed by atoms with E-state index >= 15 is 0 Å². The van der Waals surface area contributed by atoms with Gasteiger partial charge in [0.15, 0.2) is 0 Å². The van der Waals surface area contributed by atoms with Gasteiger partial charge in [0, 0.05) is 24.3 Å². The first-order valence-electron chi connectivity index (χ1n) is 9.35. The number of non-ortho nitro benzene ring substituents is 3. The lowest BCUT2D eigenvalue weighted by atomic mass is 10.1. The predicted octanol–water partition coefficient (Wildman–Crippen LogP) is 4.52. The number of hydrogen-bond donors (Lipinski definition) is 1. The average molecular weight is 480 g/mol. The molecule has 176 valence electrons. The van der Waals surface area contributed by atoms with Gasteiger partial charge in [-0.15, -0.1) is 10.2 Å². The Bertz CT molecular complexity index is 1320. The second-order valence-electron chi connectivity index (χ2n) is 6.60. The third-order valence-corrected chi connectivity index (χ3v) is 4.27. The van der Waals surface area contributed by atoms with Crippen molar-refractivity contribution in [1.29, 1.82) is 0 Å². The van der Waals surface area contributed by atoms with Crippen molar-refractivity contribution >= 4 is 40.3 Å². The van der Waals surface area contributed by atoms with Crippen LogP contribution in [-0.2, 0) is 4.84 Å². The first-order valence-corrected chi connectivity index (χ1v) is 9.35. The fourth-order valence-corrected chi connectivity index (χ4v) is 2.57. The molecule has 0 saturated carbocycles. The second-order valence-corrected chi connectivity index (χ2v) is 6.60. The summed E-state index contributed by atoms with van der Waals surface area (Å²) in [6.45, 7) is 0. The van der Waals surface area contributed by atoms with Crippen molar-refractivity contribution in [1.82, 2.24) is 0 Å². The Morgan fingerprint density at radius 2 is 1.26 bits per heavy atom. The monoisotopic (exact) mass is 480 g/mol. The van der Waals surface area contributed by atoms with E-state index in [1.54, 1.807) is 0 Å². The lowest BCUT2D eigenvalue weighted by molar-refractivity contribution is -0.394. The third kappa shape index (κ3) is 6.22. The molecular formula is C20H12N6O9. The van der Waals surface area contributed by atoms with Crippen molar-refractivity contribution in [3.8, 4) is 0 Å². The maximum atomic E-state index is 12.2. The van der Waals surface area contributed by atoms with Gasteiger partial charge in [-0.3, -0.25) is 35.1 Å². The Kier molecular flexibility index (Phi) is 7.11. The van der Waals surface area contributed by atoms with Crippen molar-refractivity contribution in [2.45, 2.75) is 0 Å². The molecule has 0 aromatic heterocycles. The first-order chi connectivity index (χ1) is 16.6. The van der Waals surface area contributed by atoms with Crippen molar-refractivity contribution in [3.05, 3.63) is 108 Å². The number of rotatable bonds is 8. The van der Waals surface area contributed by atoms with Gasteiger partial charge in [0.05, 0.1) is 43.3 Å². The molecule has 3 rings (SSSR count). The minimum Gasteiger partial charge on any atom is -0.338 e. The molecule has 0 aliphatic heterocycles. The van der Waals surface area contributed by atoms with Crippen molar-refractivity contribution < 1.29 is 29.2 Å². The van der Waals surface area contributed by atoms with E-state index in [2.05, 4.69) is 15.7 Å². The third-order valence-electron chi connectivity index (χ3n) is 4.27. The number of anilines is 1. The molecule has 0 unspecified atom stereocenters. The quantitative estimate of drug-likeness (QED) is 0.270. The van der Waals surface area contributed by atoms with Crippen LogP contribution < -0.4 is 5.48 Å². The topological polar surface area (TPSA) is 210 Å². The summed E-state index contributed by atoms with van der Waals surface area (Å²) in [6, 6.07) is 12.9. The van der Waals surface area contributed by atoms with Gasteiger partial charge in [-0.1, -0.05) is 0 Å². The zero-order valence-electron chi connectivity index (χ0n) is 17.3. The Balaban J connectivity index is 1.63. The normalized spacial score (nSPS) is 10.5. The van der Waals surface area contributed by atoms with E-state index in [4.69, 9.17) is 4.84 Å². The van der Waals surface area contributed by atoms with E-state index in [0.717, 1.165) is 24.3 Å². The van der Waals surface area contributed by atoms with Crippen molar-refractivity contribution in [3.63, 3.8) is 0 Å². The standard InChI is InChI=1S/C20H12N6O9/c27-19(13-9-17(25(31)32)11-18(10-13)26(33)34)22-21-14-3-5-15(6-4-14)23-35-20(28)12-1-7-16(8-2-12)24(29)30/h1-11,23H. The van der Waals surface area contributed by atoms with Gasteiger partial charge in [-0.25, -0.2) is 10.3 Å². The lowest BCUT2D eigenvalue weighted by Crippen LogP contribution is -2.10. The van der Waals surface area contributed by atoms with Crippen molar-refractivity contribution in [2.24, 2.45) is 10.2 Å². The number of hydrogen-bond acceptors (Lipinski definition) is 11. The van der Waals surface area contributed by atoms with Crippen LogP contribution in [0.1, 0.15) is 20.7 Å². The maximum Gasteiger partial charge on any atom is 0.362 e. The van der Waals surface area contributed by atoms with Crippen LogP contribution in [0.5, 0.6) is 0 Å². The molecule has 1 amide bonds. The summed E-state index contributed by atoms with van der Waals surface area (Å²) in [6.07, 6.45) is 0. The average Bonchev–Trinajstić information content (AvgIpc) is 2.86. The van der Waals surface area contributed by atoms with E-state index < -0.39 is 38.0 Å². The second kappa shape index (κ2) is 10.3. The van der Waals surface area contributed by atoms with Gasteiger partial charge in [-0.2, -0.15) is 0 Å². The summed E-state index contributed by atoms with van der Waals surface area (Å²) in [5.74, 6) is -1.82. The summed E-state index contributed by atoms with van der Waals surface area (Å²) in [4.78, 5) is 59.2. The van der Waals surface area contributed by atoms with Gasteiger partial charge in [0.2, 0.25) is 0 Å². The van der Waals surface area contributed by atoms with E-state index in [9.17, 15) is 39.9 Å². The highest BCUT2D eigenvalue weighted by molar-refractivity contribution is 5.96. The highest BCUT2D eigenvalue weighted by Gasteiger charge is 2.20. The van der Waals surface area contributed by atoms with E-state index in [0.29, 0.717) is 11.8 Å². The summed E-state index contributed by atoms with van der Waals surface area (Å²) in [5, 5.41) is 39.6. The Morgan fingerprint density at radius 1 is 0.714 bits per heavy atom. The first kappa shape index (κ1) is 24.1. The molecule has 35 heavy (non-hydrogen) atoms. The molecule has 0 bridgehead atoms. The van der Waals surface area contributed by atoms with Crippen LogP contribution >= 0.6 is 0 Å². The Labute approximate surface area is 194 Å². The minimum absolute atomic E-state index is 0.0772. The Morgan fingerprint density at radius 3 is 1.77 bits per heavy atom. The molecule has 0 radical (unpaired) electrons. The summed E-state index contributed by atoms with van der Waals surface area (Å²) in [5.41, 5.74) is 1.12. The molecule has 3 aromatic carbocycles. The fourth-order valence-electron chi connectivity index (χ4n) is 2.57.